The Kier molecular flexibility index (Phi) is 5.61. The fourth-order valence-corrected chi connectivity index (χ4v) is 1.81. The second-order valence-electron chi connectivity index (χ2n) is 4.90. The fraction of sp³-hybridized carbons (Fsp3) is 0.429. The SMILES string of the molecule is CCOc1cc(C(=O)C(C)(C)Br)ccc1NC(=O)C(F)(F)F. The molecule has 122 valence electrons. The zero-order valence-electron chi connectivity index (χ0n) is 12.2. The summed E-state index contributed by atoms with van der Waals surface area (Å²) in [6.45, 7) is 5.10. The molecule has 1 rings (SSSR count). The normalized spacial score (nSPS) is 12.0. The predicted octanol–water partition coefficient (Wildman–Crippen LogP) is 3.94. The molecule has 1 amide bonds. The minimum atomic E-state index is -5.00. The van der Waals surface area contributed by atoms with Crippen LogP contribution in [0.4, 0.5) is 18.9 Å². The third-order valence-electron chi connectivity index (χ3n) is 2.59. The van der Waals surface area contributed by atoms with Crippen LogP contribution >= 0.6 is 15.9 Å². The van der Waals surface area contributed by atoms with E-state index in [-0.39, 0.29) is 29.4 Å². The number of Topliss-reactive ketones (excluding diaryl/α,β-unsaturated/α-hetero) is 1. The van der Waals surface area contributed by atoms with E-state index in [9.17, 15) is 22.8 Å². The number of benzene rings is 1. The molecule has 0 aliphatic rings. The van der Waals surface area contributed by atoms with E-state index in [2.05, 4.69) is 15.9 Å². The van der Waals surface area contributed by atoms with Crippen LogP contribution in [0.3, 0.4) is 0 Å². The second kappa shape index (κ2) is 6.68. The molecule has 8 heteroatoms. The maximum absolute atomic E-state index is 12.3. The Balaban J connectivity index is 3.16. The van der Waals surface area contributed by atoms with E-state index in [4.69, 9.17) is 4.74 Å². The first kappa shape index (κ1) is 18.5. The molecule has 0 spiro atoms. The van der Waals surface area contributed by atoms with Crippen molar-refractivity contribution < 1.29 is 27.5 Å². The zero-order chi connectivity index (χ0) is 17.1. The molecule has 0 aliphatic carbocycles. The molecule has 0 bridgehead atoms. The molecule has 0 unspecified atom stereocenters. The van der Waals surface area contributed by atoms with Gasteiger partial charge in [-0.05, 0) is 39.0 Å². The number of anilines is 1. The van der Waals surface area contributed by atoms with Crippen LogP contribution in [0, 0.1) is 0 Å². The maximum atomic E-state index is 12.3. The van der Waals surface area contributed by atoms with Crippen molar-refractivity contribution in [1.29, 1.82) is 0 Å². The molecular formula is C14H15BrF3NO3. The number of alkyl halides is 4. The Labute approximate surface area is 134 Å². The van der Waals surface area contributed by atoms with Crippen molar-refractivity contribution in [1.82, 2.24) is 0 Å². The molecule has 1 N–H and O–H groups in total. The minimum Gasteiger partial charge on any atom is -0.492 e. The molecule has 0 saturated carbocycles. The molecule has 1 aromatic carbocycles. The number of nitrogens with one attached hydrogen (secondary N) is 1. The van der Waals surface area contributed by atoms with Gasteiger partial charge < -0.3 is 10.1 Å². The quantitative estimate of drug-likeness (QED) is 0.620. The third kappa shape index (κ3) is 4.72. The summed E-state index contributed by atoms with van der Waals surface area (Å²) in [5.41, 5.74) is 0.114. The topological polar surface area (TPSA) is 55.4 Å². The summed E-state index contributed by atoms with van der Waals surface area (Å²) >= 11 is 3.22. The van der Waals surface area contributed by atoms with Gasteiger partial charge in [0.15, 0.2) is 5.78 Å². The molecule has 1 aromatic rings. The van der Waals surface area contributed by atoms with Crippen LogP contribution in [0.25, 0.3) is 0 Å². The molecule has 22 heavy (non-hydrogen) atoms. The first-order chi connectivity index (χ1) is 9.96. The van der Waals surface area contributed by atoms with E-state index >= 15 is 0 Å². The highest BCUT2D eigenvalue weighted by atomic mass is 79.9. The lowest BCUT2D eigenvalue weighted by Crippen LogP contribution is -2.30. The Morgan fingerprint density at radius 2 is 1.86 bits per heavy atom. The first-order valence-corrected chi connectivity index (χ1v) is 7.15. The number of rotatable bonds is 5. The van der Waals surface area contributed by atoms with Crippen molar-refractivity contribution in [3.05, 3.63) is 23.8 Å². The van der Waals surface area contributed by atoms with Crippen LogP contribution in [-0.2, 0) is 4.79 Å². The van der Waals surface area contributed by atoms with Gasteiger partial charge in [0.1, 0.15) is 5.75 Å². The number of halogens is 4. The molecule has 0 radical (unpaired) electrons. The number of hydrogen-bond acceptors (Lipinski definition) is 3. The van der Waals surface area contributed by atoms with Gasteiger partial charge in [0.2, 0.25) is 0 Å². The number of amides is 1. The van der Waals surface area contributed by atoms with E-state index in [1.807, 2.05) is 0 Å². The number of carbonyl (C=O) groups is 2. The number of ketones is 1. The Morgan fingerprint density at radius 3 is 2.32 bits per heavy atom. The van der Waals surface area contributed by atoms with E-state index in [1.54, 1.807) is 26.1 Å². The molecule has 0 atom stereocenters. The average molecular weight is 382 g/mol. The summed E-state index contributed by atoms with van der Waals surface area (Å²) in [4.78, 5) is 23.1. The van der Waals surface area contributed by atoms with Crippen LogP contribution in [-0.4, -0.2) is 28.8 Å². The van der Waals surface area contributed by atoms with Crippen LogP contribution < -0.4 is 10.1 Å². The summed E-state index contributed by atoms with van der Waals surface area (Å²) in [5, 5.41) is 1.73. The van der Waals surface area contributed by atoms with E-state index in [1.165, 1.54) is 18.2 Å². The number of hydrogen-bond donors (Lipinski definition) is 1. The smallest absolute Gasteiger partial charge is 0.471 e. The highest BCUT2D eigenvalue weighted by Crippen LogP contribution is 2.31. The molecule has 0 saturated heterocycles. The highest BCUT2D eigenvalue weighted by molar-refractivity contribution is 9.10. The minimum absolute atomic E-state index is 0.00250. The molecule has 0 aliphatic heterocycles. The summed E-state index contributed by atoms with van der Waals surface area (Å²) in [6, 6.07) is 3.85. The Morgan fingerprint density at radius 1 is 1.27 bits per heavy atom. The van der Waals surface area contributed by atoms with Crippen LogP contribution in [0.5, 0.6) is 5.75 Å². The fourth-order valence-electron chi connectivity index (χ4n) is 1.58. The monoisotopic (exact) mass is 381 g/mol. The van der Waals surface area contributed by atoms with E-state index in [0.29, 0.717) is 0 Å². The van der Waals surface area contributed by atoms with Crippen molar-refractivity contribution in [2.75, 3.05) is 11.9 Å². The zero-order valence-corrected chi connectivity index (χ0v) is 13.8. The number of ether oxygens (including phenoxy) is 1. The van der Waals surface area contributed by atoms with Crippen LogP contribution in [0.15, 0.2) is 18.2 Å². The summed E-state index contributed by atoms with van der Waals surface area (Å²) < 4.78 is 41.3. The molecular weight excluding hydrogens is 367 g/mol. The first-order valence-electron chi connectivity index (χ1n) is 6.35. The van der Waals surface area contributed by atoms with Crippen molar-refractivity contribution in [2.45, 2.75) is 31.3 Å². The Bertz CT molecular complexity index is 580. The molecule has 0 fully saturated rings. The van der Waals surface area contributed by atoms with Crippen molar-refractivity contribution in [2.24, 2.45) is 0 Å². The van der Waals surface area contributed by atoms with Crippen LogP contribution in [0.2, 0.25) is 0 Å². The summed E-state index contributed by atoms with van der Waals surface area (Å²) in [6.07, 6.45) is -5.00. The van der Waals surface area contributed by atoms with Crippen molar-refractivity contribution in [3.8, 4) is 5.75 Å². The third-order valence-corrected chi connectivity index (χ3v) is 2.95. The number of carbonyl (C=O) groups excluding carboxylic acids is 2. The molecule has 4 nitrogen and oxygen atoms in total. The summed E-state index contributed by atoms with van der Waals surface area (Å²) in [5.74, 6) is -2.36. The van der Waals surface area contributed by atoms with Crippen LogP contribution in [0.1, 0.15) is 31.1 Å². The van der Waals surface area contributed by atoms with Gasteiger partial charge in [-0.3, -0.25) is 9.59 Å². The average Bonchev–Trinajstić information content (AvgIpc) is 2.38. The van der Waals surface area contributed by atoms with Gasteiger partial charge in [0.25, 0.3) is 0 Å². The van der Waals surface area contributed by atoms with Gasteiger partial charge >= 0.3 is 12.1 Å². The highest BCUT2D eigenvalue weighted by Gasteiger charge is 2.39. The summed E-state index contributed by atoms with van der Waals surface area (Å²) in [7, 11) is 0. The predicted molar refractivity (Wildman–Crippen MR) is 79.6 cm³/mol. The lowest BCUT2D eigenvalue weighted by atomic mass is 10.0. The largest absolute Gasteiger partial charge is 0.492 e. The van der Waals surface area contributed by atoms with Gasteiger partial charge in [-0.2, -0.15) is 13.2 Å². The lowest BCUT2D eigenvalue weighted by Gasteiger charge is -2.17. The second-order valence-corrected chi connectivity index (χ2v) is 6.88. The van der Waals surface area contributed by atoms with Gasteiger partial charge in [-0.15, -0.1) is 0 Å². The Hall–Kier alpha value is -1.57. The van der Waals surface area contributed by atoms with Gasteiger partial charge in [0, 0.05) is 5.56 Å². The maximum Gasteiger partial charge on any atom is 0.471 e. The lowest BCUT2D eigenvalue weighted by molar-refractivity contribution is -0.167. The van der Waals surface area contributed by atoms with Gasteiger partial charge in [0.05, 0.1) is 16.6 Å². The molecule has 0 heterocycles. The van der Waals surface area contributed by atoms with Gasteiger partial charge in [-0.1, -0.05) is 15.9 Å². The molecule has 0 aromatic heterocycles. The van der Waals surface area contributed by atoms with Crippen molar-refractivity contribution in [3.63, 3.8) is 0 Å². The van der Waals surface area contributed by atoms with Gasteiger partial charge in [-0.25, -0.2) is 0 Å². The van der Waals surface area contributed by atoms with Crippen molar-refractivity contribution >= 4 is 33.3 Å². The standard InChI is InChI=1S/C14H15BrF3NO3/c1-4-22-10-7-8(11(20)13(2,3)15)5-6-9(10)19-12(21)14(16,17)18/h5-7H,4H2,1-3H3,(H,19,21). The van der Waals surface area contributed by atoms with E-state index in [0.717, 1.165) is 0 Å². The van der Waals surface area contributed by atoms with E-state index < -0.39 is 16.4 Å².